The van der Waals surface area contributed by atoms with Crippen molar-refractivity contribution in [2.45, 2.75) is 124 Å². The molecule has 0 radical (unpaired) electrons. The number of aliphatic hydroxyl groups excluding tert-OH is 2. The van der Waals surface area contributed by atoms with Gasteiger partial charge in [0.05, 0.1) is 17.8 Å². The Balaban J connectivity index is 1.48. The average molecular weight is 447 g/mol. The van der Waals surface area contributed by atoms with E-state index in [9.17, 15) is 15.3 Å². The van der Waals surface area contributed by atoms with Gasteiger partial charge >= 0.3 is 0 Å². The molecule has 0 spiro atoms. The van der Waals surface area contributed by atoms with Gasteiger partial charge in [-0.25, -0.2) is 0 Å². The van der Waals surface area contributed by atoms with Crippen molar-refractivity contribution in [2.24, 2.45) is 46.3 Å². The molecule has 3 fully saturated rings. The Kier molecular flexibility index (Phi) is 6.71. The first kappa shape index (κ1) is 24.7. The zero-order valence-corrected chi connectivity index (χ0v) is 21.6. The lowest BCUT2D eigenvalue weighted by atomic mass is 9.47. The van der Waals surface area contributed by atoms with E-state index in [0.29, 0.717) is 23.2 Å². The summed E-state index contributed by atoms with van der Waals surface area (Å²) < 4.78 is 0. The molecule has 0 heterocycles. The number of rotatable bonds is 6. The molecule has 3 saturated carbocycles. The molecule has 0 bridgehead atoms. The van der Waals surface area contributed by atoms with Gasteiger partial charge in [-0.05, 0) is 117 Å². The summed E-state index contributed by atoms with van der Waals surface area (Å²) in [4.78, 5) is 0. The minimum atomic E-state index is -0.977. The van der Waals surface area contributed by atoms with Crippen molar-refractivity contribution in [3.8, 4) is 0 Å². The molecule has 0 amide bonds. The molecule has 0 aromatic heterocycles. The van der Waals surface area contributed by atoms with Crippen LogP contribution in [0.5, 0.6) is 0 Å². The zero-order chi connectivity index (χ0) is 23.5. The normalized spacial score (nSPS) is 45.3. The molecule has 4 aliphatic carbocycles. The molecular formula is C29H50O3. The predicted octanol–water partition coefficient (Wildman–Crippen LogP) is 6.11. The molecule has 32 heavy (non-hydrogen) atoms. The van der Waals surface area contributed by atoms with Crippen molar-refractivity contribution in [3.05, 3.63) is 11.6 Å². The molecule has 0 aromatic carbocycles. The van der Waals surface area contributed by atoms with Gasteiger partial charge in [0.2, 0.25) is 0 Å². The van der Waals surface area contributed by atoms with Gasteiger partial charge in [-0.3, -0.25) is 0 Å². The Hall–Kier alpha value is -0.380. The summed E-state index contributed by atoms with van der Waals surface area (Å²) in [5.74, 6) is 3.79. The quantitative estimate of drug-likeness (QED) is 0.431. The van der Waals surface area contributed by atoms with Gasteiger partial charge in [0.25, 0.3) is 0 Å². The highest BCUT2D eigenvalue weighted by Gasteiger charge is 2.59. The molecule has 184 valence electrons. The van der Waals surface area contributed by atoms with Crippen molar-refractivity contribution in [3.63, 3.8) is 0 Å². The van der Waals surface area contributed by atoms with Crippen LogP contribution in [0.15, 0.2) is 11.6 Å². The van der Waals surface area contributed by atoms with Crippen LogP contribution < -0.4 is 0 Å². The summed E-state index contributed by atoms with van der Waals surface area (Å²) >= 11 is 0. The van der Waals surface area contributed by atoms with Crippen LogP contribution in [-0.4, -0.2) is 33.1 Å². The summed E-state index contributed by atoms with van der Waals surface area (Å²) in [6.07, 6.45) is 13.1. The minimum absolute atomic E-state index is 0.0648. The molecule has 4 rings (SSSR count). The van der Waals surface area contributed by atoms with E-state index in [4.69, 9.17) is 0 Å². The highest BCUT2D eigenvalue weighted by molar-refractivity contribution is 5.25. The summed E-state index contributed by atoms with van der Waals surface area (Å²) in [5, 5.41) is 31.6. The molecule has 4 aliphatic rings. The summed E-state index contributed by atoms with van der Waals surface area (Å²) in [6, 6.07) is 0. The first-order chi connectivity index (χ1) is 14.9. The fourth-order valence-corrected chi connectivity index (χ4v) is 9.26. The molecule has 0 saturated heterocycles. The largest absolute Gasteiger partial charge is 0.393 e. The highest BCUT2D eigenvalue weighted by atomic mass is 16.3. The van der Waals surface area contributed by atoms with Gasteiger partial charge in [0.1, 0.15) is 0 Å². The van der Waals surface area contributed by atoms with Crippen LogP contribution in [0.1, 0.15) is 106 Å². The van der Waals surface area contributed by atoms with Crippen LogP contribution in [0.25, 0.3) is 0 Å². The Labute approximate surface area is 197 Å². The molecular weight excluding hydrogens is 396 g/mol. The first-order valence-corrected chi connectivity index (χ1v) is 13.7. The maximum Gasteiger partial charge on any atom is 0.0925 e. The van der Waals surface area contributed by atoms with Crippen molar-refractivity contribution in [1.82, 2.24) is 0 Å². The van der Waals surface area contributed by atoms with Crippen molar-refractivity contribution < 1.29 is 15.3 Å². The SMILES string of the molecule is CC(C)[C@@](O)(CC[C@@H](C)[C@H]1CC[C@H]2[C@@H]3CC=C4C[C@@H](O)CC[C@]4(C)[C@H]3CC[C@]12C)C(C)O. The van der Waals surface area contributed by atoms with Gasteiger partial charge < -0.3 is 15.3 Å². The van der Waals surface area contributed by atoms with E-state index >= 15 is 0 Å². The van der Waals surface area contributed by atoms with E-state index in [-0.39, 0.29) is 12.0 Å². The second kappa shape index (κ2) is 8.68. The molecule has 0 aliphatic heterocycles. The third kappa shape index (κ3) is 3.83. The lowest BCUT2D eigenvalue weighted by Crippen LogP contribution is -2.51. The van der Waals surface area contributed by atoms with Crippen LogP contribution in [0.2, 0.25) is 0 Å². The Bertz CT molecular complexity index is 703. The van der Waals surface area contributed by atoms with Crippen molar-refractivity contribution in [1.29, 1.82) is 0 Å². The van der Waals surface area contributed by atoms with E-state index in [1.54, 1.807) is 12.5 Å². The number of aliphatic hydroxyl groups is 3. The molecule has 1 unspecified atom stereocenters. The Morgan fingerprint density at radius 3 is 2.41 bits per heavy atom. The van der Waals surface area contributed by atoms with E-state index in [2.05, 4.69) is 26.8 Å². The summed E-state index contributed by atoms with van der Waals surface area (Å²) in [7, 11) is 0. The van der Waals surface area contributed by atoms with E-state index in [1.165, 1.54) is 32.1 Å². The molecule has 10 atom stereocenters. The summed E-state index contributed by atoms with van der Waals surface area (Å²) in [6.45, 7) is 13.3. The average Bonchev–Trinajstić information content (AvgIpc) is 3.09. The first-order valence-electron chi connectivity index (χ1n) is 13.7. The molecule has 3 heteroatoms. The van der Waals surface area contributed by atoms with E-state index < -0.39 is 11.7 Å². The minimum Gasteiger partial charge on any atom is -0.393 e. The van der Waals surface area contributed by atoms with Gasteiger partial charge in [-0.2, -0.15) is 0 Å². The number of hydrogen-bond acceptors (Lipinski definition) is 3. The fraction of sp³-hybridized carbons (Fsp3) is 0.931. The lowest BCUT2D eigenvalue weighted by molar-refractivity contribution is -0.108. The third-order valence-corrected chi connectivity index (χ3v) is 11.6. The Morgan fingerprint density at radius 1 is 1.03 bits per heavy atom. The van der Waals surface area contributed by atoms with Gasteiger partial charge in [0, 0.05) is 0 Å². The summed E-state index contributed by atoms with van der Waals surface area (Å²) in [5.41, 5.74) is 1.32. The maximum absolute atomic E-state index is 11.1. The van der Waals surface area contributed by atoms with Gasteiger partial charge in [-0.15, -0.1) is 0 Å². The van der Waals surface area contributed by atoms with Crippen molar-refractivity contribution >= 4 is 0 Å². The highest BCUT2D eigenvalue weighted by Crippen LogP contribution is 2.67. The topological polar surface area (TPSA) is 60.7 Å². The van der Waals surface area contributed by atoms with E-state index in [0.717, 1.165) is 49.4 Å². The van der Waals surface area contributed by atoms with Crippen LogP contribution in [0, 0.1) is 46.3 Å². The maximum atomic E-state index is 11.1. The number of fused-ring (bicyclic) bond motifs is 5. The fourth-order valence-electron chi connectivity index (χ4n) is 9.26. The predicted molar refractivity (Wildman–Crippen MR) is 131 cm³/mol. The lowest BCUT2D eigenvalue weighted by Gasteiger charge is -2.58. The van der Waals surface area contributed by atoms with Crippen LogP contribution in [0.3, 0.4) is 0 Å². The third-order valence-electron chi connectivity index (χ3n) is 11.6. The standard InChI is InChI=1S/C29H50O3/c1-18(2)29(32,20(4)30)16-11-19(3)24-9-10-25-23-8-7-21-17-22(31)12-14-27(21,5)26(23)13-15-28(24,25)6/h7,18-20,22-26,30-32H,8-17H2,1-6H3/t19-,20?,22+,23+,24-,25+,26+,27+,28-,29+/m1/s1. The van der Waals surface area contributed by atoms with Crippen LogP contribution in [0.4, 0.5) is 0 Å². The van der Waals surface area contributed by atoms with Crippen LogP contribution >= 0.6 is 0 Å². The van der Waals surface area contributed by atoms with Gasteiger partial charge in [0.15, 0.2) is 0 Å². The smallest absolute Gasteiger partial charge is 0.0925 e. The second-order valence-electron chi connectivity index (χ2n) is 13.2. The molecule has 3 N–H and O–H groups in total. The monoisotopic (exact) mass is 446 g/mol. The zero-order valence-electron chi connectivity index (χ0n) is 21.6. The molecule has 0 aromatic rings. The molecule has 3 nitrogen and oxygen atoms in total. The number of hydrogen-bond donors (Lipinski definition) is 3. The van der Waals surface area contributed by atoms with E-state index in [1.807, 2.05) is 13.8 Å². The van der Waals surface area contributed by atoms with Crippen molar-refractivity contribution in [2.75, 3.05) is 0 Å². The second-order valence-corrected chi connectivity index (χ2v) is 13.2. The number of allylic oxidation sites excluding steroid dienone is 1. The van der Waals surface area contributed by atoms with Gasteiger partial charge in [-0.1, -0.05) is 46.3 Å². The van der Waals surface area contributed by atoms with Crippen LogP contribution in [-0.2, 0) is 0 Å². The Morgan fingerprint density at radius 2 is 1.75 bits per heavy atom.